The number of ether oxygens (including phenoxy) is 1. The molecule has 0 radical (unpaired) electrons. The Kier molecular flexibility index (Phi) is 8.02. The van der Waals surface area contributed by atoms with Crippen molar-refractivity contribution in [2.45, 2.75) is 56.8 Å². The minimum Gasteiger partial charge on any atom is -0.505 e. The molecule has 10 heteroatoms. The number of carbonyl (C=O) groups excluding carboxylic acids is 1. The Hall–Kier alpha value is -3.95. The van der Waals surface area contributed by atoms with E-state index in [2.05, 4.69) is 0 Å². The van der Waals surface area contributed by atoms with E-state index in [1.54, 1.807) is 6.08 Å². The Bertz CT molecular complexity index is 1530. The average molecular weight is 577 g/mol. The Morgan fingerprint density at radius 1 is 0.659 bits per heavy atom. The molecule has 2 aliphatic carbocycles. The third-order valence-corrected chi connectivity index (χ3v) is 8.14. The van der Waals surface area contributed by atoms with E-state index in [1.165, 1.54) is 24.3 Å². The first-order valence-corrected chi connectivity index (χ1v) is 13.3. The van der Waals surface area contributed by atoms with Gasteiger partial charge in [0.2, 0.25) is 17.5 Å². The van der Waals surface area contributed by atoms with Crippen LogP contribution in [0.5, 0.6) is 17.2 Å². The van der Waals surface area contributed by atoms with Crippen LogP contribution in [0.4, 0.5) is 26.3 Å². The van der Waals surface area contributed by atoms with Crippen molar-refractivity contribution < 1.29 is 46.1 Å². The number of esters is 1. The molecule has 1 saturated carbocycles. The van der Waals surface area contributed by atoms with E-state index in [9.17, 15) is 37.0 Å². The monoisotopic (exact) mass is 576 g/mol. The van der Waals surface area contributed by atoms with E-state index in [1.807, 2.05) is 0 Å². The second-order valence-corrected chi connectivity index (χ2v) is 10.5. The van der Waals surface area contributed by atoms with Crippen molar-refractivity contribution >= 4 is 11.5 Å². The third-order valence-electron chi connectivity index (χ3n) is 8.14. The van der Waals surface area contributed by atoms with Crippen LogP contribution >= 0.6 is 0 Å². The summed E-state index contributed by atoms with van der Waals surface area (Å²) in [6.45, 7) is 0. The molecular weight excluding hydrogens is 550 g/mol. The van der Waals surface area contributed by atoms with Gasteiger partial charge in [-0.2, -0.15) is 13.2 Å². The van der Waals surface area contributed by atoms with Gasteiger partial charge in [-0.3, -0.25) is 4.79 Å². The van der Waals surface area contributed by atoms with Gasteiger partial charge in [0.1, 0.15) is 0 Å². The number of aromatic hydroxyl groups is 2. The fourth-order valence-electron chi connectivity index (χ4n) is 5.79. The summed E-state index contributed by atoms with van der Waals surface area (Å²) in [4.78, 5) is 12.7. The number of hydrogen-bond acceptors (Lipinski definition) is 4. The Morgan fingerprint density at radius 2 is 1.24 bits per heavy atom. The Balaban J connectivity index is 1.22. The van der Waals surface area contributed by atoms with Crippen molar-refractivity contribution in [3.05, 3.63) is 94.1 Å². The van der Waals surface area contributed by atoms with Crippen molar-refractivity contribution in [1.29, 1.82) is 0 Å². The van der Waals surface area contributed by atoms with E-state index in [0.717, 1.165) is 12.1 Å². The Labute approximate surface area is 231 Å². The van der Waals surface area contributed by atoms with Gasteiger partial charge < -0.3 is 14.9 Å². The predicted octanol–water partition coefficient (Wildman–Crippen LogP) is 8.16. The lowest BCUT2D eigenvalue weighted by molar-refractivity contribution is -0.140. The highest BCUT2D eigenvalue weighted by atomic mass is 19.2. The molecule has 0 bridgehead atoms. The number of carbonyl (C=O) groups is 1. The molecule has 0 saturated heterocycles. The molecule has 0 amide bonds. The second-order valence-electron chi connectivity index (χ2n) is 10.5. The maximum absolute atomic E-state index is 15.1. The topological polar surface area (TPSA) is 66.8 Å². The molecule has 3 aromatic carbocycles. The highest BCUT2D eigenvalue weighted by Crippen LogP contribution is 2.41. The quantitative estimate of drug-likeness (QED) is 0.183. The number of halogens is 6. The van der Waals surface area contributed by atoms with Crippen molar-refractivity contribution in [2.75, 3.05) is 0 Å². The minimum absolute atomic E-state index is 0.00191. The summed E-state index contributed by atoms with van der Waals surface area (Å²) < 4.78 is 91.1. The highest BCUT2D eigenvalue weighted by Gasteiger charge is 2.32. The zero-order chi connectivity index (χ0) is 29.4. The van der Waals surface area contributed by atoms with Crippen LogP contribution in [0.1, 0.15) is 73.5 Å². The first-order valence-electron chi connectivity index (χ1n) is 13.3. The van der Waals surface area contributed by atoms with E-state index >= 15 is 4.39 Å². The standard InChI is InChI=1S/C31H26F6O4/c32-25-19(9-12-22(38)28(25)35)15-1-3-16(4-2-15)21-11-14-24(30(37)27(21)34)41-31(40)18-7-5-17(6-8-18)20-10-13-23(39)29(36)26(20)33/h1,9-14,16-18,38-39H,2-8H2. The van der Waals surface area contributed by atoms with Gasteiger partial charge in [-0.1, -0.05) is 18.2 Å². The maximum atomic E-state index is 15.1. The van der Waals surface area contributed by atoms with Gasteiger partial charge in [0.25, 0.3) is 0 Å². The molecule has 4 nitrogen and oxygen atoms in total. The summed E-state index contributed by atoms with van der Waals surface area (Å²) in [7, 11) is 0. The van der Waals surface area contributed by atoms with Crippen LogP contribution in [-0.4, -0.2) is 16.2 Å². The van der Waals surface area contributed by atoms with Gasteiger partial charge in [0, 0.05) is 5.56 Å². The van der Waals surface area contributed by atoms with Crippen LogP contribution in [-0.2, 0) is 4.79 Å². The lowest BCUT2D eigenvalue weighted by atomic mass is 9.78. The van der Waals surface area contributed by atoms with Crippen molar-refractivity contribution in [3.63, 3.8) is 0 Å². The van der Waals surface area contributed by atoms with Crippen LogP contribution in [0.15, 0.2) is 42.5 Å². The third kappa shape index (κ3) is 5.52. The van der Waals surface area contributed by atoms with E-state index in [4.69, 9.17) is 4.74 Å². The molecule has 0 heterocycles. The zero-order valence-corrected chi connectivity index (χ0v) is 21.7. The number of allylic oxidation sites excluding steroid dienone is 2. The number of rotatable bonds is 5. The largest absolute Gasteiger partial charge is 0.505 e. The van der Waals surface area contributed by atoms with Crippen LogP contribution in [0.3, 0.4) is 0 Å². The van der Waals surface area contributed by atoms with Crippen LogP contribution in [0, 0.1) is 40.8 Å². The van der Waals surface area contributed by atoms with Crippen LogP contribution in [0.25, 0.3) is 5.57 Å². The molecule has 1 fully saturated rings. The maximum Gasteiger partial charge on any atom is 0.314 e. The van der Waals surface area contributed by atoms with E-state index in [0.29, 0.717) is 24.8 Å². The van der Waals surface area contributed by atoms with E-state index < -0.39 is 70.0 Å². The van der Waals surface area contributed by atoms with Crippen molar-refractivity contribution in [1.82, 2.24) is 0 Å². The summed E-state index contributed by atoms with van der Waals surface area (Å²) >= 11 is 0. The first-order chi connectivity index (χ1) is 19.6. The summed E-state index contributed by atoms with van der Waals surface area (Å²) in [6, 6.07) is 7.23. The molecule has 1 unspecified atom stereocenters. The van der Waals surface area contributed by atoms with Gasteiger partial charge in [0.15, 0.2) is 34.7 Å². The second kappa shape index (κ2) is 11.5. The van der Waals surface area contributed by atoms with Crippen molar-refractivity contribution in [3.8, 4) is 17.2 Å². The van der Waals surface area contributed by atoms with Crippen molar-refractivity contribution in [2.24, 2.45) is 5.92 Å². The normalized spacial score (nSPS) is 20.9. The SMILES string of the molecule is O=C(Oc1ccc(C2CC=C(c3ccc(O)c(F)c3F)CC2)c(F)c1F)C1CCC(c2ccc(O)c(F)c2F)CC1. The smallest absolute Gasteiger partial charge is 0.314 e. The number of phenols is 2. The molecule has 41 heavy (non-hydrogen) atoms. The van der Waals surface area contributed by atoms with Gasteiger partial charge in [-0.15, -0.1) is 0 Å². The molecule has 3 aromatic rings. The molecule has 0 aliphatic heterocycles. The van der Waals surface area contributed by atoms with Crippen LogP contribution in [0.2, 0.25) is 0 Å². The molecular formula is C31H26F6O4. The lowest BCUT2D eigenvalue weighted by Crippen LogP contribution is -2.26. The first kappa shape index (κ1) is 28.6. The van der Waals surface area contributed by atoms with Gasteiger partial charge in [-0.25, -0.2) is 13.2 Å². The highest BCUT2D eigenvalue weighted by molar-refractivity contribution is 5.75. The van der Waals surface area contributed by atoms with Crippen LogP contribution < -0.4 is 4.74 Å². The fraction of sp³-hybridized carbons (Fsp3) is 0.323. The van der Waals surface area contributed by atoms with E-state index in [-0.39, 0.29) is 48.3 Å². The number of phenolic OH excluding ortho intramolecular Hbond substituents is 2. The molecule has 5 rings (SSSR count). The molecule has 2 aliphatic rings. The van der Waals surface area contributed by atoms with Gasteiger partial charge in [0.05, 0.1) is 5.92 Å². The summed E-state index contributed by atoms with van der Waals surface area (Å²) in [5, 5.41) is 18.6. The average Bonchev–Trinajstić information content (AvgIpc) is 2.98. The molecule has 2 N–H and O–H groups in total. The molecule has 216 valence electrons. The summed E-state index contributed by atoms with van der Waals surface area (Å²) in [5.41, 5.74) is 0.679. The minimum atomic E-state index is -1.35. The van der Waals surface area contributed by atoms with Gasteiger partial charge >= 0.3 is 5.97 Å². The molecule has 1 atom stereocenters. The lowest BCUT2D eigenvalue weighted by Gasteiger charge is -2.28. The van der Waals surface area contributed by atoms with Gasteiger partial charge in [-0.05, 0) is 97.7 Å². The summed E-state index contributed by atoms with van der Waals surface area (Å²) in [5.74, 6) is -11.8. The molecule has 0 spiro atoms. The summed E-state index contributed by atoms with van der Waals surface area (Å²) in [6.07, 6.45) is 3.70. The molecule has 0 aromatic heterocycles. The number of hydrogen-bond donors (Lipinski definition) is 2. The fourth-order valence-corrected chi connectivity index (χ4v) is 5.79. The predicted molar refractivity (Wildman–Crippen MR) is 137 cm³/mol. The zero-order valence-electron chi connectivity index (χ0n) is 21.7. The number of benzene rings is 3. The Morgan fingerprint density at radius 3 is 1.90 bits per heavy atom.